The number of unbranched alkanes of at least 4 members (excludes halogenated alkanes) is 1. The zero-order valence-corrected chi connectivity index (χ0v) is 10.7. The Morgan fingerprint density at radius 1 is 1.10 bits per heavy atom. The van der Waals surface area contributed by atoms with E-state index < -0.39 is 19.2 Å². The van der Waals surface area contributed by atoms with Gasteiger partial charge in [-0.3, -0.25) is 0 Å². The largest absolute Gasteiger partial charge is 0.434 e. The molecule has 1 aromatic rings. The molecule has 0 aliphatic carbocycles. The van der Waals surface area contributed by atoms with Gasteiger partial charge in [-0.05, 0) is 25.5 Å². The van der Waals surface area contributed by atoms with Gasteiger partial charge in [0, 0.05) is 18.5 Å². The molecule has 0 heterocycles. The van der Waals surface area contributed by atoms with Crippen LogP contribution in [0.5, 0.6) is 5.75 Å². The summed E-state index contributed by atoms with van der Waals surface area (Å²) in [6.45, 7) is -2.24. The van der Waals surface area contributed by atoms with Crippen LogP contribution < -0.4 is 10.1 Å². The highest BCUT2D eigenvalue weighted by atomic mass is 19.4. The third-order valence-corrected chi connectivity index (χ3v) is 2.57. The molecule has 0 saturated heterocycles. The first kappa shape index (κ1) is 16.7. The maximum absolute atomic E-state index is 12.2. The van der Waals surface area contributed by atoms with Gasteiger partial charge in [0.2, 0.25) is 0 Å². The predicted octanol–water partition coefficient (Wildman–Crippen LogP) is 4.11. The monoisotopic (exact) mass is 297 g/mol. The lowest BCUT2D eigenvalue weighted by Crippen LogP contribution is -2.17. The Morgan fingerprint density at radius 3 is 2.45 bits per heavy atom. The molecule has 0 radical (unpaired) electrons. The number of halogens is 5. The van der Waals surface area contributed by atoms with Crippen LogP contribution in [-0.2, 0) is 6.54 Å². The van der Waals surface area contributed by atoms with Crippen molar-refractivity contribution in [2.75, 3.05) is 6.54 Å². The van der Waals surface area contributed by atoms with Crippen molar-refractivity contribution in [2.24, 2.45) is 0 Å². The van der Waals surface area contributed by atoms with Crippen molar-refractivity contribution < 1.29 is 26.7 Å². The number of hydrogen-bond acceptors (Lipinski definition) is 2. The van der Waals surface area contributed by atoms with Crippen LogP contribution in [0.25, 0.3) is 0 Å². The second-order valence-electron chi connectivity index (χ2n) is 4.24. The number of alkyl halides is 5. The van der Waals surface area contributed by atoms with E-state index in [0.717, 1.165) is 0 Å². The number of rotatable bonds is 8. The SMILES string of the molecule is FC(F)Oc1ccccc1CNCCCCC(F)(F)F. The fraction of sp³-hybridized carbons (Fsp3) is 0.538. The molecule has 0 unspecified atom stereocenters. The topological polar surface area (TPSA) is 21.3 Å². The Bertz CT molecular complexity index is 395. The quantitative estimate of drug-likeness (QED) is 0.576. The lowest BCUT2D eigenvalue weighted by atomic mass is 10.2. The Hall–Kier alpha value is -1.37. The van der Waals surface area contributed by atoms with Crippen molar-refractivity contribution in [3.8, 4) is 5.75 Å². The molecule has 0 amide bonds. The van der Waals surface area contributed by atoms with Crippen LogP contribution >= 0.6 is 0 Å². The van der Waals surface area contributed by atoms with Crippen LogP contribution in [0.3, 0.4) is 0 Å². The summed E-state index contributed by atoms with van der Waals surface area (Å²) >= 11 is 0. The van der Waals surface area contributed by atoms with Crippen LogP contribution in [0.2, 0.25) is 0 Å². The molecule has 0 atom stereocenters. The van der Waals surface area contributed by atoms with Crippen LogP contribution in [0.15, 0.2) is 24.3 Å². The number of nitrogens with one attached hydrogen (secondary N) is 1. The standard InChI is InChI=1S/C13H16F5NO/c14-12(15)20-11-6-2-1-5-10(11)9-19-8-4-3-7-13(16,17)18/h1-2,5-6,12,19H,3-4,7-9H2. The lowest BCUT2D eigenvalue weighted by molar-refractivity contribution is -0.135. The van der Waals surface area contributed by atoms with E-state index in [2.05, 4.69) is 10.1 Å². The summed E-state index contributed by atoms with van der Waals surface area (Å²) < 4.78 is 64.3. The van der Waals surface area contributed by atoms with Crippen molar-refractivity contribution >= 4 is 0 Å². The van der Waals surface area contributed by atoms with E-state index in [1.54, 1.807) is 18.2 Å². The molecule has 2 nitrogen and oxygen atoms in total. The summed E-state index contributed by atoms with van der Waals surface area (Å²) in [5.41, 5.74) is 0.545. The molecular formula is C13H16F5NO. The number of para-hydroxylation sites is 1. The Labute approximate surface area is 113 Å². The van der Waals surface area contributed by atoms with Crippen LogP contribution in [-0.4, -0.2) is 19.3 Å². The highest BCUT2D eigenvalue weighted by Crippen LogP contribution is 2.22. The van der Waals surface area contributed by atoms with Crippen LogP contribution in [0.4, 0.5) is 22.0 Å². The molecule has 7 heteroatoms. The van der Waals surface area contributed by atoms with E-state index >= 15 is 0 Å². The maximum Gasteiger partial charge on any atom is 0.389 e. The van der Waals surface area contributed by atoms with Gasteiger partial charge < -0.3 is 10.1 Å². The molecule has 0 bridgehead atoms. The fourth-order valence-corrected chi connectivity index (χ4v) is 1.66. The predicted molar refractivity (Wildman–Crippen MR) is 64.7 cm³/mol. The summed E-state index contributed by atoms with van der Waals surface area (Å²) in [4.78, 5) is 0. The first-order valence-corrected chi connectivity index (χ1v) is 6.18. The van der Waals surface area contributed by atoms with Gasteiger partial charge in [0.15, 0.2) is 0 Å². The Balaban J connectivity index is 2.28. The maximum atomic E-state index is 12.2. The van der Waals surface area contributed by atoms with E-state index in [9.17, 15) is 22.0 Å². The van der Waals surface area contributed by atoms with Crippen molar-refractivity contribution in [3.05, 3.63) is 29.8 Å². The van der Waals surface area contributed by atoms with Crippen molar-refractivity contribution in [3.63, 3.8) is 0 Å². The number of benzene rings is 1. The molecule has 1 N–H and O–H groups in total. The van der Waals surface area contributed by atoms with Gasteiger partial charge in [-0.25, -0.2) is 0 Å². The molecule has 0 spiro atoms. The van der Waals surface area contributed by atoms with Crippen LogP contribution in [0.1, 0.15) is 24.8 Å². The third kappa shape index (κ3) is 7.28. The molecule has 1 aromatic carbocycles. The Kier molecular flexibility index (Phi) is 6.70. The van der Waals surface area contributed by atoms with Gasteiger partial charge >= 0.3 is 12.8 Å². The summed E-state index contributed by atoms with van der Waals surface area (Å²) in [5.74, 6) is 0.0743. The summed E-state index contributed by atoms with van der Waals surface area (Å²) in [6.07, 6.45) is -4.51. The first-order valence-electron chi connectivity index (χ1n) is 6.18. The third-order valence-electron chi connectivity index (χ3n) is 2.57. The second kappa shape index (κ2) is 8.04. The molecule has 20 heavy (non-hydrogen) atoms. The van der Waals surface area contributed by atoms with E-state index in [1.807, 2.05) is 0 Å². The molecule has 1 rings (SSSR count). The van der Waals surface area contributed by atoms with Crippen LogP contribution in [0, 0.1) is 0 Å². The molecular weight excluding hydrogens is 281 g/mol. The van der Waals surface area contributed by atoms with Gasteiger partial charge in [-0.15, -0.1) is 0 Å². The number of ether oxygens (including phenoxy) is 1. The van der Waals surface area contributed by atoms with Crippen molar-refractivity contribution in [1.82, 2.24) is 5.32 Å². The minimum atomic E-state index is -4.13. The van der Waals surface area contributed by atoms with E-state index in [-0.39, 0.29) is 18.7 Å². The molecule has 0 aliphatic rings. The van der Waals surface area contributed by atoms with Crippen molar-refractivity contribution in [1.29, 1.82) is 0 Å². The van der Waals surface area contributed by atoms with Gasteiger partial charge in [0.25, 0.3) is 0 Å². The fourth-order valence-electron chi connectivity index (χ4n) is 1.66. The average molecular weight is 297 g/mol. The minimum absolute atomic E-state index is 0.0473. The smallest absolute Gasteiger partial charge is 0.389 e. The highest BCUT2D eigenvalue weighted by molar-refractivity contribution is 5.33. The molecule has 0 saturated carbocycles. The first-order chi connectivity index (χ1) is 9.38. The minimum Gasteiger partial charge on any atom is -0.434 e. The van der Waals surface area contributed by atoms with E-state index in [0.29, 0.717) is 18.5 Å². The molecule has 0 fully saturated rings. The molecule has 0 aromatic heterocycles. The van der Waals surface area contributed by atoms with Gasteiger partial charge in [0.05, 0.1) is 0 Å². The zero-order chi connectivity index (χ0) is 15.0. The second-order valence-corrected chi connectivity index (χ2v) is 4.24. The normalized spacial score (nSPS) is 11.9. The van der Waals surface area contributed by atoms with E-state index in [1.165, 1.54) is 6.07 Å². The highest BCUT2D eigenvalue weighted by Gasteiger charge is 2.25. The average Bonchev–Trinajstić information content (AvgIpc) is 2.33. The summed E-state index contributed by atoms with van der Waals surface area (Å²) in [5, 5.41) is 2.91. The van der Waals surface area contributed by atoms with Crippen molar-refractivity contribution in [2.45, 2.75) is 38.6 Å². The molecule has 0 aliphatic heterocycles. The summed E-state index contributed by atoms with van der Waals surface area (Å²) in [7, 11) is 0. The van der Waals surface area contributed by atoms with Gasteiger partial charge in [-0.2, -0.15) is 22.0 Å². The molecule has 114 valence electrons. The zero-order valence-electron chi connectivity index (χ0n) is 10.7. The van der Waals surface area contributed by atoms with Gasteiger partial charge in [-0.1, -0.05) is 18.2 Å². The number of hydrogen-bond donors (Lipinski definition) is 1. The lowest BCUT2D eigenvalue weighted by Gasteiger charge is -2.11. The van der Waals surface area contributed by atoms with E-state index in [4.69, 9.17) is 0 Å². The Morgan fingerprint density at radius 2 is 1.80 bits per heavy atom. The summed E-state index contributed by atoms with van der Waals surface area (Å²) in [6, 6.07) is 6.30. The van der Waals surface area contributed by atoms with Gasteiger partial charge in [0.1, 0.15) is 5.75 Å².